The third kappa shape index (κ3) is 3.82. The third-order valence-electron chi connectivity index (χ3n) is 4.00. The fourth-order valence-corrected chi connectivity index (χ4v) is 2.61. The summed E-state index contributed by atoms with van der Waals surface area (Å²) in [5.74, 6) is -1.88. The van der Waals surface area contributed by atoms with Crippen LogP contribution in [0.2, 0.25) is 0 Å². The number of nitrogens with zero attached hydrogens (tertiary/aromatic N) is 2. The standard InChI is InChI=1S/C18H16N4O5/c1-27-18(26)12-2-4-13(5-3-12)22-15(23)10-14(17(22)25)20-21-16(24)11-6-8-19-9-7-11/h2-9,14,20H,10H2,1H3,(H,21,24)/t14-/m0/s1. The van der Waals surface area contributed by atoms with Crippen LogP contribution in [-0.4, -0.2) is 41.8 Å². The second-order valence-electron chi connectivity index (χ2n) is 5.70. The van der Waals surface area contributed by atoms with Gasteiger partial charge >= 0.3 is 5.97 Å². The Morgan fingerprint density at radius 3 is 2.37 bits per heavy atom. The zero-order valence-corrected chi connectivity index (χ0v) is 14.3. The summed E-state index contributed by atoms with van der Waals surface area (Å²) in [4.78, 5) is 53.1. The SMILES string of the molecule is COC(=O)c1ccc(N2C(=O)C[C@H](NNC(=O)c3ccncc3)C2=O)cc1. The number of pyridine rings is 1. The van der Waals surface area contributed by atoms with Crippen molar-refractivity contribution in [3.8, 4) is 0 Å². The molecule has 3 rings (SSSR count). The number of ether oxygens (including phenoxy) is 1. The number of imide groups is 1. The normalized spacial score (nSPS) is 16.3. The first-order valence-corrected chi connectivity index (χ1v) is 8.02. The number of hydrazine groups is 1. The van der Waals surface area contributed by atoms with Gasteiger partial charge in [-0.15, -0.1) is 0 Å². The van der Waals surface area contributed by atoms with Crippen molar-refractivity contribution < 1.29 is 23.9 Å². The number of hydrogen-bond acceptors (Lipinski definition) is 7. The molecule has 138 valence electrons. The quantitative estimate of drug-likeness (QED) is 0.446. The number of carbonyl (C=O) groups excluding carboxylic acids is 4. The highest BCUT2D eigenvalue weighted by Gasteiger charge is 2.39. The number of esters is 1. The Bertz CT molecular complexity index is 882. The minimum absolute atomic E-state index is 0.103. The minimum Gasteiger partial charge on any atom is -0.465 e. The fraction of sp³-hybridized carbons (Fsp3) is 0.167. The van der Waals surface area contributed by atoms with Gasteiger partial charge in [0.1, 0.15) is 6.04 Å². The summed E-state index contributed by atoms with van der Waals surface area (Å²) in [6.07, 6.45) is 2.84. The van der Waals surface area contributed by atoms with Crippen LogP contribution in [0.3, 0.4) is 0 Å². The van der Waals surface area contributed by atoms with Crippen molar-refractivity contribution in [1.82, 2.24) is 15.8 Å². The van der Waals surface area contributed by atoms with E-state index in [4.69, 9.17) is 0 Å². The molecular weight excluding hydrogens is 352 g/mol. The summed E-state index contributed by atoms with van der Waals surface area (Å²) in [5, 5.41) is 0. The zero-order chi connectivity index (χ0) is 19.4. The van der Waals surface area contributed by atoms with E-state index in [0.717, 1.165) is 4.90 Å². The van der Waals surface area contributed by atoms with Gasteiger partial charge in [-0.05, 0) is 36.4 Å². The van der Waals surface area contributed by atoms with Crippen molar-refractivity contribution in [1.29, 1.82) is 0 Å². The first kappa shape index (κ1) is 18.2. The summed E-state index contributed by atoms with van der Waals surface area (Å²) < 4.78 is 4.61. The molecule has 27 heavy (non-hydrogen) atoms. The predicted octanol–water partition coefficient (Wildman–Crippen LogP) is 0.435. The minimum atomic E-state index is -0.886. The molecular formula is C18H16N4O5. The number of amides is 3. The van der Waals surface area contributed by atoms with E-state index in [1.807, 2.05) is 0 Å². The average Bonchev–Trinajstić information content (AvgIpc) is 2.99. The number of aromatic nitrogens is 1. The molecule has 3 amide bonds. The molecule has 0 aliphatic carbocycles. The number of benzene rings is 1. The van der Waals surface area contributed by atoms with E-state index < -0.39 is 29.7 Å². The van der Waals surface area contributed by atoms with Gasteiger partial charge in [-0.2, -0.15) is 0 Å². The van der Waals surface area contributed by atoms with Crippen LogP contribution in [0.15, 0.2) is 48.8 Å². The molecule has 1 aliphatic rings. The van der Waals surface area contributed by atoms with Crippen LogP contribution in [0.1, 0.15) is 27.1 Å². The third-order valence-corrected chi connectivity index (χ3v) is 4.00. The first-order chi connectivity index (χ1) is 13.0. The number of methoxy groups -OCH3 is 1. The molecule has 0 unspecified atom stereocenters. The molecule has 0 spiro atoms. The average molecular weight is 368 g/mol. The predicted molar refractivity (Wildman–Crippen MR) is 93.5 cm³/mol. The van der Waals surface area contributed by atoms with E-state index in [9.17, 15) is 19.2 Å². The van der Waals surface area contributed by atoms with E-state index in [1.54, 1.807) is 0 Å². The molecule has 1 aliphatic heterocycles. The Morgan fingerprint density at radius 1 is 1.07 bits per heavy atom. The Labute approximate surface area is 154 Å². The van der Waals surface area contributed by atoms with Crippen LogP contribution in [0.25, 0.3) is 0 Å². The molecule has 0 bridgehead atoms. The van der Waals surface area contributed by atoms with Crippen molar-refractivity contribution in [3.63, 3.8) is 0 Å². The summed E-state index contributed by atoms with van der Waals surface area (Å²) >= 11 is 0. The lowest BCUT2D eigenvalue weighted by Gasteiger charge is -2.16. The lowest BCUT2D eigenvalue weighted by atomic mass is 10.2. The van der Waals surface area contributed by atoms with E-state index in [2.05, 4.69) is 20.6 Å². The van der Waals surface area contributed by atoms with E-state index in [1.165, 1.54) is 55.9 Å². The molecule has 2 N–H and O–H groups in total. The highest BCUT2D eigenvalue weighted by molar-refractivity contribution is 6.22. The van der Waals surface area contributed by atoms with E-state index in [0.29, 0.717) is 16.8 Å². The molecule has 2 aromatic rings. The van der Waals surface area contributed by atoms with Crippen LogP contribution in [0.5, 0.6) is 0 Å². The number of hydrogen-bond donors (Lipinski definition) is 2. The molecule has 1 fully saturated rings. The molecule has 0 radical (unpaired) electrons. The molecule has 1 aromatic carbocycles. The fourth-order valence-electron chi connectivity index (χ4n) is 2.61. The Balaban J connectivity index is 1.66. The van der Waals surface area contributed by atoms with Gasteiger partial charge < -0.3 is 4.74 Å². The summed E-state index contributed by atoms with van der Waals surface area (Å²) in [7, 11) is 1.26. The number of rotatable bonds is 5. The second kappa shape index (κ2) is 7.75. The maximum atomic E-state index is 12.5. The Morgan fingerprint density at radius 2 is 1.74 bits per heavy atom. The summed E-state index contributed by atoms with van der Waals surface area (Å²) in [6, 6.07) is 8.06. The van der Waals surface area contributed by atoms with Crippen molar-refractivity contribution in [2.45, 2.75) is 12.5 Å². The number of carbonyl (C=O) groups is 4. The van der Waals surface area contributed by atoms with Crippen LogP contribution >= 0.6 is 0 Å². The highest BCUT2D eigenvalue weighted by atomic mass is 16.5. The lowest BCUT2D eigenvalue weighted by Crippen LogP contribution is -2.48. The first-order valence-electron chi connectivity index (χ1n) is 8.02. The molecule has 1 saturated heterocycles. The monoisotopic (exact) mass is 368 g/mol. The molecule has 1 aromatic heterocycles. The summed E-state index contributed by atoms with van der Waals surface area (Å²) in [6.45, 7) is 0. The van der Waals surface area contributed by atoms with Crippen LogP contribution < -0.4 is 15.8 Å². The maximum Gasteiger partial charge on any atom is 0.337 e. The van der Waals surface area contributed by atoms with Crippen molar-refractivity contribution in [2.75, 3.05) is 12.0 Å². The van der Waals surface area contributed by atoms with Gasteiger partial charge in [0.15, 0.2) is 0 Å². The van der Waals surface area contributed by atoms with Gasteiger partial charge in [0.2, 0.25) is 5.91 Å². The smallest absolute Gasteiger partial charge is 0.337 e. The number of anilines is 1. The van der Waals surface area contributed by atoms with Gasteiger partial charge in [-0.25, -0.2) is 15.1 Å². The number of nitrogens with one attached hydrogen (secondary N) is 2. The maximum absolute atomic E-state index is 12.5. The van der Waals surface area contributed by atoms with Gasteiger partial charge in [-0.1, -0.05) is 0 Å². The van der Waals surface area contributed by atoms with Gasteiger partial charge in [0, 0.05) is 18.0 Å². The van der Waals surface area contributed by atoms with Gasteiger partial charge in [0.05, 0.1) is 24.8 Å². The highest BCUT2D eigenvalue weighted by Crippen LogP contribution is 2.23. The Hall–Kier alpha value is -3.59. The van der Waals surface area contributed by atoms with Crippen molar-refractivity contribution in [2.24, 2.45) is 0 Å². The molecule has 9 nitrogen and oxygen atoms in total. The molecule has 9 heteroatoms. The molecule has 2 heterocycles. The summed E-state index contributed by atoms with van der Waals surface area (Å²) in [5.41, 5.74) is 6.02. The van der Waals surface area contributed by atoms with Gasteiger partial charge in [0.25, 0.3) is 11.8 Å². The van der Waals surface area contributed by atoms with Crippen molar-refractivity contribution in [3.05, 3.63) is 59.9 Å². The Kier molecular flexibility index (Phi) is 5.23. The zero-order valence-electron chi connectivity index (χ0n) is 14.3. The topological polar surface area (TPSA) is 118 Å². The largest absolute Gasteiger partial charge is 0.465 e. The lowest BCUT2D eigenvalue weighted by molar-refractivity contribution is -0.121. The van der Waals surface area contributed by atoms with Crippen LogP contribution in [-0.2, 0) is 14.3 Å². The van der Waals surface area contributed by atoms with E-state index >= 15 is 0 Å². The van der Waals surface area contributed by atoms with Crippen LogP contribution in [0, 0.1) is 0 Å². The van der Waals surface area contributed by atoms with E-state index in [-0.39, 0.29) is 6.42 Å². The van der Waals surface area contributed by atoms with Crippen LogP contribution in [0.4, 0.5) is 5.69 Å². The van der Waals surface area contributed by atoms with Gasteiger partial charge in [-0.3, -0.25) is 24.8 Å². The second-order valence-corrected chi connectivity index (χ2v) is 5.70. The van der Waals surface area contributed by atoms with Crippen molar-refractivity contribution >= 4 is 29.4 Å². The molecule has 1 atom stereocenters. The molecule has 0 saturated carbocycles.